The third kappa shape index (κ3) is 2.52. The minimum atomic E-state index is -2.79. The molecule has 0 bridgehead atoms. The fourth-order valence-electron chi connectivity index (χ4n) is 1.94. The highest BCUT2D eigenvalue weighted by Gasteiger charge is 2.28. The van der Waals surface area contributed by atoms with Gasteiger partial charge in [-0.1, -0.05) is 24.3 Å². The van der Waals surface area contributed by atoms with E-state index in [4.69, 9.17) is 11.6 Å². The number of benzene rings is 1. The molecule has 0 radical (unpaired) electrons. The van der Waals surface area contributed by atoms with Gasteiger partial charge in [0.05, 0.1) is 11.5 Å². The summed E-state index contributed by atoms with van der Waals surface area (Å²) >= 11 is 5.69. The number of rotatable bonds is 2. The topological polar surface area (TPSA) is 34.1 Å². The first-order chi connectivity index (χ1) is 7.11. The van der Waals surface area contributed by atoms with E-state index in [2.05, 4.69) is 0 Å². The van der Waals surface area contributed by atoms with Crippen molar-refractivity contribution in [3.63, 3.8) is 0 Å². The Hall–Kier alpha value is -0.540. The van der Waals surface area contributed by atoms with Gasteiger partial charge in [-0.3, -0.25) is 0 Å². The smallest absolute Gasteiger partial charge is 0.150 e. The molecule has 1 aromatic carbocycles. The van der Waals surface area contributed by atoms with Gasteiger partial charge in [0, 0.05) is 5.88 Å². The third-order valence-electron chi connectivity index (χ3n) is 2.84. The van der Waals surface area contributed by atoms with Crippen LogP contribution in [0.15, 0.2) is 24.3 Å². The molecule has 82 valence electrons. The van der Waals surface area contributed by atoms with Crippen molar-refractivity contribution in [2.75, 3.05) is 11.5 Å². The lowest BCUT2D eigenvalue weighted by Crippen LogP contribution is -2.03. The Bertz CT molecular complexity index is 436. The van der Waals surface area contributed by atoms with Crippen LogP contribution >= 0.6 is 11.6 Å². The van der Waals surface area contributed by atoms with E-state index in [0.717, 1.165) is 17.5 Å². The van der Waals surface area contributed by atoms with Gasteiger partial charge in [-0.05, 0) is 23.5 Å². The Morgan fingerprint density at radius 2 is 1.93 bits per heavy atom. The van der Waals surface area contributed by atoms with Crippen LogP contribution in [0.25, 0.3) is 0 Å². The van der Waals surface area contributed by atoms with E-state index in [0.29, 0.717) is 17.4 Å². The van der Waals surface area contributed by atoms with Crippen molar-refractivity contribution in [1.29, 1.82) is 0 Å². The van der Waals surface area contributed by atoms with Crippen LogP contribution in [-0.4, -0.2) is 19.9 Å². The summed E-state index contributed by atoms with van der Waals surface area (Å²) in [5, 5.41) is 0. The van der Waals surface area contributed by atoms with Crippen molar-refractivity contribution in [1.82, 2.24) is 0 Å². The molecule has 15 heavy (non-hydrogen) atoms. The fourth-order valence-corrected chi connectivity index (χ4v) is 3.90. The molecule has 2 rings (SSSR count). The lowest BCUT2D eigenvalue weighted by atomic mass is 9.98. The molecule has 1 aliphatic heterocycles. The van der Waals surface area contributed by atoms with Gasteiger partial charge in [0.15, 0.2) is 9.84 Å². The van der Waals surface area contributed by atoms with E-state index in [1.807, 2.05) is 24.3 Å². The minimum Gasteiger partial charge on any atom is -0.229 e. The lowest BCUT2D eigenvalue weighted by Gasteiger charge is -2.08. The summed E-state index contributed by atoms with van der Waals surface area (Å²) < 4.78 is 22.6. The zero-order valence-electron chi connectivity index (χ0n) is 8.32. The van der Waals surface area contributed by atoms with E-state index in [9.17, 15) is 8.42 Å². The van der Waals surface area contributed by atoms with Crippen LogP contribution < -0.4 is 0 Å². The van der Waals surface area contributed by atoms with Crippen LogP contribution in [0.3, 0.4) is 0 Å². The molecule has 0 N–H and O–H groups in total. The molecule has 0 saturated carbocycles. The molecule has 1 fully saturated rings. The SMILES string of the molecule is O=S1(=O)CC[C@H](c2ccc(CCl)cc2)C1. The van der Waals surface area contributed by atoms with Crippen molar-refractivity contribution >= 4 is 21.4 Å². The Labute approximate surface area is 95.2 Å². The highest BCUT2D eigenvalue weighted by atomic mass is 35.5. The van der Waals surface area contributed by atoms with Gasteiger partial charge < -0.3 is 0 Å². The number of halogens is 1. The van der Waals surface area contributed by atoms with Gasteiger partial charge in [-0.25, -0.2) is 8.42 Å². The quantitative estimate of drug-likeness (QED) is 0.749. The third-order valence-corrected chi connectivity index (χ3v) is 4.91. The molecule has 1 atom stereocenters. The minimum absolute atomic E-state index is 0.180. The highest BCUT2D eigenvalue weighted by Crippen LogP contribution is 2.28. The molecule has 0 aliphatic carbocycles. The summed E-state index contributed by atoms with van der Waals surface area (Å²) in [6.07, 6.45) is 0.753. The van der Waals surface area contributed by atoms with E-state index >= 15 is 0 Å². The first kappa shape index (κ1) is 11.0. The van der Waals surface area contributed by atoms with Crippen molar-refractivity contribution in [3.8, 4) is 0 Å². The van der Waals surface area contributed by atoms with E-state index in [-0.39, 0.29) is 5.92 Å². The molecule has 0 unspecified atom stereocenters. The maximum atomic E-state index is 11.3. The average Bonchev–Trinajstić information content (AvgIpc) is 2.59. The molecule has 1 saturated heterocycles. The molecular formula is C11H13ClO2S. The molecule has 1 aromatic rings. The monoisotopic (exact) mass is 244 g/mol. The van der Waals surface area contributed by atoms with Crippen molar-refractivity contribution < 1.29 is 8.42 Å². The molecule has 0 aromatic heterocycles. The Kier molecular flexibility index (Phi) is 3.03. The summed E-state index contributed by atoms with van der Waals surface area (Å²) in [7, 11) is -2.79. The molecule has 4 heteroatoms. The van der Waals surface area contributed by atoms with Crippen LogP contribution in [0.2, 0.25) is 0 Å². The van der Waals surface area contributed by atoms with Gasteiger partial charge in [0.2, 0.25) is 0 Å². The molecule has 1 heterocycles. The van der Waals surface area contributed by atoms with Crippen molar-refractivity contribution in [2.45, 2.75) is 18.2 Å². The molecule has 0 amide bonds. The van der Waals surface area contributed by atoms with Crippen LogP contribution in [0.1, 0.15) is 23.5 Å². The van der Waals surface area contributed by atoms with Gasteiger partial charge >= 0.3 is 0 Å². The van der Waals surface area contributed by atoms with Gasteiger partial charge in [0.1, 0.15) is 0 Å². The zero-order valence-corrected chi connectivity index (χ0v) is 9.89. The molecule has 0 spiro atoms. The molecular weight excluding hydrogens is 232 g/mol. The second-order valence-electron chi connectivity index (χ2n) is 3.98. The number of alkyl halides is 1. The largest absolute Gasteiger partial charge is 0.229 e. The standard InChI is InChI=1S/C11H13ClO2S/c12-7-9-1-3-10(4-2-9)11-5-6-15(13,14)8-11/h1-4,11H,5-8H2/t11-/m0/s1. The van der Waals surface area contributed by atoms with Crippen LogP contribution in [0, 0.1) is 0 Å². The van der Waals surface area contributed by atoms with Crippen molar-refractivity contribution in [2.24, 2.45) is 0 Å². The second-order valence-corrected chi connectivity index (χ2v) is 6.47. The van der Waals surface area contributed by atoms with E-state index < -0.39 is 9.84 Å². The van der Waals surface area contributed by atoms with Gasteiger partial charge in [-0.2, -0.15) is 0 Å². The number of sulfone groups is 1. The zero-order chi connectivity index (χ0) is 10.9. The Morgan fingerprint density at radius 3 is 2.40 bits per heavy atom. The molecule has 2 nitrogen and oxygen atoms in total. The fraction of sp³-hybridized carbons (Fsp3) is 0.455. The van der Waals surface area contributed by atoms with Gasteiger partial charge in [0.25, 0.3) is 0 Å². The predicted octanol–water partition coefficient (Wildman–Crippen LogP) is 2.33. The maximum Gasteiger partial charge on any atom is 0.150 e. The summed E-state index contributed by atoms with van der Waals surface area (Å²) in [6, 6.07) is 7.91. The summed E-state index contributed by atoms with van der Waals surface area (Å²) in [5.74, 6) is 1.31. The number of hydrogen-bond donors (Lipinski definition) is 0. The van der Waals surface area contributed by atoms with Crippen LogP contribution in [0.5, 0.6) is 0 Å². The molecule has 1 aliphatic rings. The normalized spacial score (nSPS) is 24.2. The van der Waals surface area contributed by atoms with Gasteiger partial charge in [-0.15, -0.1) is 11.6 Å². The average molecular weight is 245 g/mol. The highest BCUT2D eigenvalue weighted by molar-refractivity contribution is 7.91. The van der Waals surface area contributed by atoms with Crippen molar-refractivity contribution in [3.05, 3.63) is 35.4 Å². The lowest BCUT2D eigenvalue weighted by molar-refractivity contribution is 0.601. The summed E-state index contributed by atoms with van der Waals surface area (Å²) in [4.78, 5) is 0. The summed E-state index contributed by atoms with van der Waals surface area (Å²) in [5.41, 5.74) is 2.19. The summed E-state index contributed by atoms with van der Waals surface area (Å²) in [6.45, 7) is 0. The first-order valence-corrected chi connectivity index (χ1v) is 7.31. The predicted molar refractivity (Wildman–Crippen MR) is 62.0 cm³/mol. The first-order valence-electron chi connectivity index (χ1n) is 4.96. The second kappa shape index (κ2) is 4.14. The maximum absolute atomic E-state index is 11.3. The van der Waals surface area contributed by atoms with E-state index in [1.165, 1.54) is 0 Å². The Morgan fingerprint density at radius 1 is 1.27 bits per heavy atom. The van der Waals surface area contributed by atoms with E-state index in [1.54, 1.807) is 0 Å². The number of hydrogen-bond acceptors (Lipinski definition) is 2. The van der Waals surface area contributed by atoms with Crippen LogP contribution in [0.4, 0.5) is 0 Å². The Balaban J connectivity index is 2.17. The van der Waals surface area contributed by atoms with Crippen LogP contribution in [-0.2, 0) is 15.7 Å².